The lowest BCUT2D eigenvalue weighted by molar-refractivity contribution is 0.780. The second-order valence-electron chi connectivity index (χ2n) is 4.24. The molecule has 2 heterocycles. The first-order valence-electron chi connectivity index (χ1n) is 5.68. The molecule has 1 aromatic carbocycles. The lowest BCUT2D eigenvalue weighted by Gasteiger charge is -2.04. The number of nitrogens with zero attached hydrogens (tertiary/aromatic N) is 3. The molecule has 0 aliphatic carbocycles. The van der Waals surface area contributed by atoms with Crippen LogP contribution in [0.1, 0.15) is 11.3 Å². The van der Waals surface area contributed by atoms with Gasteiger partial charge in [-0.3, -0.25) is 0 Å². The second-order valence-corrected chi connectivity index (χ2v) is 4.62. The molecule has 0 unspecified atom stereocenters. The molecule has 0 atom stereocenters. The maximum Gasteiger partial charge on any atom is 0.178 e. The Kier molecular flexibility index (Phi) is 2.68. The fourth-order valence-corrected chi connectivity index (χ4v) is 2.27. The molecule has 3 rings (SSSR count). The molecule has 0 aliphatic rings. The van der Waals surface area contributed by atoms with E-state index >= 15 is 0 Å². The molecule has 90 valence electrons. The molecule has 2 aromatic heterocycles. The Morgan fingerprint density at radius 3 is 3.00 bits per heavy atom. The maximum absolute atomic E-state index is 5.36. The van der Waals surface area contributed by atoms with Crippen molar-refractivity contribution in [2.24, 2.45) is 0 Å². The molecule has 4 nitrogen and oxygen atoms in total. The molecule has 0 aliphatic heterocycles. The Hall–Kier alpha value is -2.01. The van der Waals surface area contributed by atoms with Crippen LogP contribution in [-0.2, 0) is 6.54 Å². The van der Waals surface area contributed by atoms with Crippen molar-refractivity contribution in [1.29, 1.82) is 0 Å². The second kappa shape index (κ2) is 4.34. The summed E-state index contributed by atoms with van der Waals surface area (Å²) in [6, 6.07) is 8.15. The van der Waals surface area contributed by atoms with E-state index in [9.17, 15) is 0 Å². The molecule has 5 heteroatoms. The Bertz CT molecular complexity index is 743. The lowest BCUT2D eigenvalue weighted by Crippen LogP contribution is -2.01. The van der Waals surface area contributed by atoms with Crippen molar-refractivity contribution in [2.45, 2.75) is 13.5 Å². The molecular weight excluding hydrogens is 244 g/mol. The number of fused-ring (bicyclic) bond motifs is 1. The van der Waals surface area contributed by atoms with Crippen molar-refractivity contribution in [3.05, 3.63) is 52.8 Å². The zero-order valence-electron chi connectivity index (χ0n) is 9.92. The van der Waals surface area contributed by atoms with Gasteiger partial charge in [-0.05, 0) is 42.9 Å². The van der Waals surface area contributed by atoms with Gasteiger partial charge in [0.1, 0.15) is 6.33 Å². The third-order valence-corrected chi connectivity index (χ3v) is 3.22. The van der Waals surface area contributed by atoms with Gasteiger partial charge in [0.05, 0.1) is 23.3 Å². The molecule has 3 aromatic rings. The summed E-state index contributed by atoms with van der Waals surface area (Å²) in [6.45, 7) is 2.73. The van der Waals surface area contributed by atoms with Crippen LogP contribution in [0.15, 0.2) is 36.8 Å². The van der Waals surface area contributed by atoms with Crippen LogP contribution in [0, 0.1) is 11.7 Å². The number of hydrogen-bond donors (Lipinski definition) is 1. The van der Waals surface area contributed by atoms with Crippen LogP contribution in [0.2, 0.25) is 0 Å². The number of imidazole rings is 1. The van der Waals surface area contributed by atoms with E-state index in [1.165, 1.54) is 5.56 Å². The molecule has 1 N–H and O–H groups in total. The van der Waals surface area contributed by atoms with E-state index in [-0.39, 0.29) is 0 Å². The first kappa shape index (κ1) is 11.1. The highest BCUT2D eigenvalue weighted by atomic mass is 32.1. The van der Waals surface area contributed by atoms with Gasteiger partial charge in [-0.2, -0.15) is 0 Å². The molecule has 0 saturated heterocycles. The molecule has 0 amide bonds. The van der Waals surface area contributed by atoms with Crippen LogP contribution in [0.3, 0.4) is 0 Å². The Balaban J connectivity index is 2.14. The zero-order valence-corrected chi connectivity index (χ0v) is 10.7. The summed E-state index contributed by atoms with van der Waals surface area (Å²) in [5, 5.41) is 0. The van der Waals surface area contributed by atoms with Crippen molar-refractivity contribution < 1.29 is 0 Å². The highest BCUT2D eigenvalue weighted by Crippen LogP contribution is 2.16. The topological polar surface area (TPSA) is 46.5 Å². The predicted octanol–water partition coefficient (Wildman–Crippen LogP) is 2.85. The predicted molar refractivity (Wildman–Crippen MR) is 73.0 cm³/mol. The van der Waals surface area contributed by atoms with Crippen LogP contribution < -0.4 is 0 Å². The Morgan fingerprint density at radius 2 is 2.22 bits per heavy atom. The van der Waals surface area contributed by atoms with Gasteiger partial charge in [-0.15, -0.1) is 0 Å². The van der Waals surface area contributed by atoms with Gasteiger partial charge in [0.2, 0.25) is 0 Å². The van der Waals surface area contributed by atoms with Crippen LogP contribution >= 0.6 is 12.2 Å². The number of hydrogen-bond acceptors (Lipinski definition) is 3. The van der Waals surface area contributed by atoms with Gasteiger partial charge in [0, 0.05) is 6.20 Å². The van der Waals surface area contributed by atoms with E-state index in [4.69, 9.17) is 12.2 Å². The van der Waals surface area contributed by atoms with Crippen molar-refractivity contribution in [1.82, 2.24) is 19.5 Å². The number of benzene rings is 1. The number of aromatic amines is 1. The molecule has 0 fully saturated rings. The van der Waals surface area contributed by atoms with Crippen LogP contribution in [0.25, 0.3) is 11.0 Å². The summed E-state index contributed by atoms with van der Waals surface area (Å²) in [4.78, 5) is 11.4. The van der Waals surface area contributed by atoms with Crippen molar-refractivity contribution >= 4 is 23.3 Å². The Labute approximate surface area is 109 Å². The largest absolute Gasteiger partial charge is 0.331 e. The van der Waals surface area contributed by atoms with Crippen LogP contribution in [0.5, 0.6) is 0 Å². The summed E-state index contributed by atoms with van der Waals surface area (Å²) in [6.07, 6.45) is 3.30. The summed E-state index contributed by atoms with van der Waals surface area (Å²) in [5.74, 6) is 0. The summed E-state index contributed by atoms with van der Waals surface area (Å²) in [5.41, 5.74) is 4.33. The average molecular weight is 256 g/mol. The molecular formula is C13H12N4S. The van der Waals surface area contributed by atoms with E-state index < -0.39 is 0 Å². The molecule has 0 bridgehead atoms. The number of H-pyrrole nitrogens is 1. The third-order valence-electron chi connectivity index (χ3n) is 2.89. The zero-order chi connectivity index (χ0) is 12.5. The number of rotatable bonds is 2. The SMILES string of the molecule is Cc1ccc2[nH]c(=S)n(Cc3ccncn3)c2c1. The minimum atomic E-state index is 0.658. The molecule has 18 heavy (non-hydrogen) atoms. The van der Waals surface area contributed by atoms with E-state index in [2.05, 4.69) is 44.6 Å². The Morgan fingerprint density at radius 1 is 1.33 bits per heavy atom. The third kappa shape index (κ3) is 1.93. The van der Waals surface area contributed by atoms with Gasteiger partial charge in [-0.25, -0.2) is 9.97 Å². The van der Waals surface area contributed by atoms with Crippen LogP contribution in [-0.4, -0.2) is 19.5 Å². The molecule has 0 spiro atoms. The smallest absolute Gasteiger partial charge is 0.178 e. The quantitative estimate of drug-likeness (QED) is 0.717. The molecule has 0 saturated carbocycles. The standard InChI is InChI=1S/C13H12N4S/c1-9-2-3-11-12(6-9)17(13(18)16-11)7-10-4-5-14-8-15-10/h2-6,8H,7H2,1H3,(H,16,18). The van der Waals surface area contributed by atoms with E-state index in [1.807, 2.05) is 6.07 Å². The first-order chi connectivity index (χ1) is 8.74. The van der Waals surface area contributed by atoms with E-state index in [1.54, 1.807) is 12.5 Å². The monoisotopic (exact) mass is 256 g/mol. The van der Waals surface area contributed by atoms with Gasteiger partial charge in [-0.1, -0.05) is 6.07 Å². The van der Waals surface area contributed by atoms with Crippen molar-refractivity contribution in [3.63, 3.8) is 0 Å². The molecule has 0 radical (unpaired) electrons. The number of aryl methyl sites for hydroxylation is 1. The van der Waals surface area contributed by atoms with Gasteiger partial charge in [0.25, 0.3) is 0 Å². The minimum absolute atomic E-state index is 0.658. The van der Waals surface area contributed by atoms with E-state index in [0.29, 0.717) is 11.3 Å². The van der Waals surface area contributed by atoms with Gasteiger partial charge >= 0.3 is 0 Å². The van der Waals surface area contributed by atoms with Gasteiger partial charge in [0.15, 0.2) is 4.77 Å². The summed E-state index contributed by atoms with van der Waals surface area (Å²) < 4.78 is 2.77. The minimum Gasteiger partial charge on any atom is -0.331 e. The van der Waals surface area contributed by atoms with Crippen LogP contribution in [0.4, 0.5) is 0 Å². The highest BCUT2D eigenvalue weighted by molar-refractivity contribution is 7.71. The average Bonchev–Trinajstić information content (AvgIpc) is 2.67. The summed E-state index contributed by atoms with van der Waals surface area (Å²) >= 11 is 5.36. The fourth-order valence-electron chi connectivity index (χ4n) is 1.99. The number of aromatic nitrogens is 4. The first-order valence-corrected chi connectivity index (χ1v) is 6.09. The normalized spacial score (nSPS) is 10.9. The lowest BCUT2D eigenvalue weighted by atomic mass is 10.2. The highest BCUT2D eigenvalue weighted by Gasteiger charge is 2.05. The number of nitrogens with one attached hydrogen (secondary N) is 1. The summed E-state index contributed by atoms with van der Waals surface area (Å²) in [7, 11) is 0. The van der Waals surface area contributed by atoms with Crippen molar-refractivity contribution in [3.8, 4) is 0 Å². The van der Waals surface area contributed by atoms with E-state index in [0.717, 1.165) is 16.7 Å². The fraction of sp³-hybridized carbons (Fsp3) is 0.154. The maximum atomic E-state index is 5.36. The van der Waals surface area contributed by atoms with Gasteiger partial charge < -0.3 is 9.55 Å². The van der Waals surface area contributed by atoms with Crippen molar-refractivity contribution in [2.75, 3.05) is 0 Å².